The van der Waals surface area contributed by atoms with Gasteiger partial charge in [-0.2, -0.15) is 0 Å². The van der Waals surface area contributed by atoms with Gasteiger partial charge in [-0.05, 0) is 13.0 Å². The number of hydrogen-bond acceptors (Lipinski definition) is 5. The molecule has 0 amide bonds. The molecule has 0 aliphatic rings. The minimum atomic E-state index is -1.09. The summed E-state index contributed by atoms with van der Waals surface area (Å²) in [5, 5.41) is 0.380. The fourth-order valence-corrected chi connectivity index (χ4v) is 0.481. The highest BCUT2D eigenvalue weighted by molar-refractivity contribution is 4.75. The maximum Gasteiger partial charge on any atom is 0.449 e. The van der Waals surface area contributed by atoms with Gasteiger partial charge in [-0.3, -0.25) is 9.05 Å². The number of nitrogens with zero attached hydrogens (tertiary/aromatic N) is 1. The van der Waals surface area contributed by atoms with Gasteiger partial charge >= 0.3 is 11.3 Å². The van der Waals surface area contributed by atoms with Crippen molar-refractivity contribution >= 4 is 0 Å². The number of aromatic nitrogens is 1. The van der Waals surface area contributed by atoms with Gasteiger partial charge in [-0.25, -0.2) is 9.59 Å². The maximum absolute atomic E-state index is 10.4. The molecular weight excluding hydrogens is 166 g/mol. The van der Waals surface area contributed by atoms with E-state index in [9.17, 15) is 9.59 Å². The van der Waals surface area contributed by atoms with Gasteiger partial charge in [0.05, 0.1) is 0 Å². The van der Waals surface area contributed by atoms with E-state index >= 15 is 0 Å². The fourth-order valence-electron chi connectivity index (χ4n) is 0.481. The van der Waals surface area contributed by atoms with Crippen LogP contribution in [-0.2, 0) is 0 Å². The molecule has 0 atom stereocenters. The standard InChI is InChI=1S/C6H7NO5/c1-2-3-4-10-7-11-5(8)6(9)12-7/h2-3H,4H2,1H3. The Kier molecular flexibility index (Phi) is 2.52. The highest BCUT2D eigenvalue weighted by Gasteiger charge is 2.03. The van der Waals surface area contributed by atoms with Crippen molar-refractivity contribution in [2.24, 2.45) is 0 Å². The van der Waals surface area contributed by atoms with Gasteiger partial charge in [0.15, 0.2) is 0 Å². The van der Waals surface area contributed by atoms with Crippen LogP contribution in [0.3, 0.4) is 0 Å². The smallest absolute Gasteiger partial charge is 0.353 e. The molecule has 1 heterocycles. The monoisotopic (exact) mass is 173 g/mol. The second-order valence-corrected chi connectivity index (χ2v) is 1.85. The van der Waals surface area contributed by atoms with Gasteiger partial charge in [-0.15, -0.1) is 0 Å². The number of hydrogen-bond donors (Lipinski definition) is 0. The first-order chi connectivity index (χ1) is 5.74. The third-order valence-electron chi connectivity index (χ3n) is 0.993. The predicted molar refractivity (Wildman–Crippen MR) is 37.8 cm³/mol. The van der Waals surface area contributed by atoms with E-state index in [1.54, 1.807) is 19.1 Å². The molecule has 0 aliphatic heterocycles. The molecule has 66 valence electrons. The lowest BCUT2D eigenvalue weighted by Crippen LogP contribution is -2.14. The first-order valence-electron chi connectivity index (χ1n) is 3.22. The van der Waals surface area contributed by atoms with E-state index in [1.807, 2.05) is 0 Å². The van der Waals surface area contributed by atoms with Crippen LogP contribution in [-0.4, -0.2) is 11.7 Å². The molecular formula is C6H7NO5. The first kappa shape index (κ1) is 8.38. The van der Waals surface area contributed by atoms with Crippen LogP contribution in [0.4, 0.5) is 0 Å². The van der Waals surface area contributed by atoms with Crippen molar-refractivity contribution in [2.75, 3.05) is 6.61 Å². The van der Waals surface area contributed by atoms with E-state index in [2.05, 4.69) is 13.9 Å². The number of allylic oxidation sites excluding steroid dienone is 1. The predicted octanol–water partition coefficient (Wildman–Crippen LogP) is -0.601. The molecule has 0 aliphatic carbocycles. The molecule has 0 aromatic carbocycles. The molecule has 1 aromatic rings. The van der Waals surface area contributed by atoms with Gasteiger partial charge < -0.3 is 4.84 Å². The Balaban J connectivity index is 2.65. The molecule has 6 nitrogen and oxygen atoms in total. The summed E-state index contributed by atoms with van der Waals surface area (Å²) in [6.45, 7) is 1.96. The third-order valence-corrected chi connectivity index (χ3v) is 0.993. The fraction of sp³-hybridized carbons (Fsp3) is 0.333. The molecule has 0 radical (unpaired) electrons. The Hall–Kier alpha value is -1.72. The Morgan fingerprint density at radius 1 is 1.42 bits per heavy atom. The van der Waals surface area contributed by atoms with Crippen LogP contribution < -0.4 is 16.1 Å². The second-order valence-electron chi connectivity index (χ2n) is 1.85. The second kappa shape index (κ2) is 3.61. The molecule has 0 N–H and O–H groups in total. The molecule has 6 heteroatoms. The maximum atomic E-state index is 10.4. The average molecular weight is 173 g/mol. The van der Waals surface area contributed by atoms with Gasteiger partial charge in [-0.1, -0.05) is 6.08 Å². The Bertz CT molecular complexity index is 340. The van der Waals surface area contributed by atoms with Crippen LogP contribution >= 0.6 is 0 Å². The molecule has 0 saturated carbocycles. The minimum Gasteiger partial charge on any atom is -0.353 e. The van der Waals surface area contributed by atoms with Gasteiger partial charge in [0.25, 0.3) is 0 Å². The third kappa shape index (κ3) is 1.88. The van der Waals surface area contributed by atoms with Crippen molar-refractivity contribution in [3.8, 4) is 0 Å². The summed E-state index contributed by atoms with van der Waals surface area (Å²) in [6.07, 6.45) is 3.39. The zero-order valence-electron chi connectivity index (χ0n) is 6.35. The van der Waals surface area contributed by atoms with E-state index in [0.717, 1.165) is 0 Å². The summed E-state index contributed by atoms with van der Waals surface area (Å²) < 4.78 is 8.37. The molecule has 0 unspecified atom stereocenters. The van der Waals surface area contributed by atoms with E-state index in [-0.39, 0.29) is 6.61 Å². The van der Waals surface area contributed by atoms with Gasteiger partial charge in [0.2, 0.25) is 0 Å². The quantitative estimate of drug-likeness (QED) is 0.450. The molecule has 0 spiro atoms. The summed E-state index contributed by atoms with van der Waals surface area (Å²) in [4.78, 5) is 25.4. The van der Waals surface area contributed by atoms with Crippen molar-refractivity contribution in [1.82, 2.24) is 5.08 Å². The van der Waals surface area contributed by atoms with Crippen LogP contribution in [0.15, 0.2) is 30.8 Å². The van der Waals surface area contributed by atoms with Crippen molar-refractivity contribution in [2.45, 2.75) is 6.92 Å². The summed E-state index contributed by atoms with van der Waals surface area (Å²) in [7, 11) is 0. The molecule has 0 saturated heterocycles. The van der Waals surface area contributed by atoms with Crippen LogP contribution in [0.1, 0.15) is 6.92 Å². The van der Waals surface area contributed by atoms with E-state index in [4.69, 9.17) is 0 Å². The number of rotatable bonds is 3. The van der Waals surface area contributed by atoms with Gasteiger partial charge in [0.1, 0.15) is 11.7 Å². The van der Waals surface area contributed by atoms with E-state index in [0.29, 0.717) is 5.08 Å². The van der Waals surface area contributed by atoms with Crippen molar-refractivity contribution < 1.29 is 13.9 Å². The van der Waals surface area contributed by atoms with E-state index < -0.39 is 11.3 Å². The van der Waals surface area contributed by atoms with Crippen LogP contribution in [0.5, 0.6) is 0 Å². The normalized spacial score (nSPS) is 10.8. The summed E-state index contributed by atoms with van der Waals surface area (Å²) in [6, 6.07) is 0. The Morgan fingerprint density at radius 3 is 2.50 bits per heavy atom. The summed E-state index contributed by atoms with van der Waals surface area (Å²) in [5.74, 6) is 0. The molecule has 0 fully saturated rings. The Morgan fingerprint density at radius 2 is 2.00 bits per heavy atom. The van der Waals surface area contributed by atoms with Crippen molar-refractivity contribution in [1.29, 1.82) is 0 Å². The SMILES string of the molecule is CC=CCOn1oc(=O)c(=O)o1. The zero-order valence-corrected chi connectivity index (χ0v) is 6.35. The highest BCUT2D eigenvalue weighted by atomic mass is 17.0. The molecule has 0 bridgehead atoms. The minimum absolute atomic E-state index is 0.164. The lowest BCUT2D eigenvalue weighted by atomic mass is 10.6. The zero-order chi connectivity index (χ0) is 8.97. The van der Waals surface area contributed by atoms with Crippen molar-refractivity contribution in [3.63, 3.8) is 0 Å². The molecule has 1 aromatic heterocycles. The molecule has 1 rings (SSSR count). The molecule has 12 heavy (non-hydrogen) atoms. The largest absolute Gasteiger partial charge is 0.449 e. The van der Waals surface area contributed by atoms with Gasteiger partial charge in [0, 0.05) is 0 Å². The van der Waals surface area contributed by atoms with Crippen LogP contribution in [0, 0.1) is 0 Å². The first-order valence-corrected chi connectivity index (χ1v) is 3.22. The summed E-state index contributed by atoms with van der Waals surface area (Å²) in [5.41, 5.74) is -2.18. The van der Waals surface area contributed by atoms with Crippen molar-refractivity contribution in [3.05, 3.63) is 33.0 Å². The lowest BCUT2D eigenvalue weighted by molar-refractivity contribution is -0.137. The van der Waals surface area contributed by atoms with Crippen LogP contribution in [0.25, 0.3) is 0 Å². The topological polar surface area (TPSA) is 74.6 Å². The summed E-state index contributed by atoms with van der Waals surface area (Å²) >= 11 is 0. The van der Waals surface area contributed by atoms with E-state index in [1.165, 1.54) is 0 Å². The lowest BCUT2D eigenvalue weighted by Gasteiger charge is -1.93. The van der Waals surface area contributed by atoms with Crippen LogP contribution in [0.2, 0.25) is 0 Å². The average Bonchev–Trinajstić information content (AvgIpc) is 2.32. The highest BCUT2D eigenvalue weighted by Crippen LogP contribution is 1.75. The Labute approximate surface area is 66.5 Å².